The molecule has 0 fully saturated rings. The standard InChI is InChI=1S/C13H10N2O3/c1-15-12(13(16)17)10-4-2-3-9(11(10)14-15)8-5-6-18-7-8/h2-7H,1H3,(H,16,17). The van der Waals surface area contributed by atoms with Crippen molar-refractivity contribution in [1.29, 1.82) is 0 Å². The number of hydrogen-bond acceptors (Lipinski definition) is 3. The van der Waals surface area contributed by atoms with Crippen molar-refractivity contribution in [2.45, 2.75) is 0 Å². The van der Waals surface area contributed by atoms with Gasteiger partial charge in [0.15, 0.2) is 5.69 Å². The molecule has 18 heavy (non-hydrogen) atoms. The highest BCUT2D eigenvalue weighted by molar-refractivity contribution is 6.05. The molecule has 0 aliphatic rings. The van der Waals surface area contributed by atoms with Crippen LogP contribution in [0, 0.1) is 0 Å². The van der Waals surface area contributed by atoms with Crippen LogP contribution in [-0.2, 0) is 7.05 Å². The molecule has 0 radical (unpaired) electrons. The Kier molecular flexibility index (Phi) is 2.19. The normalized spacial score (nSPS) is 10.9. The number of aromatic carboxylic acids is 1. The van der Waals surface area contributed by atoms with Crippen LogP contribution in [0.2, 0.25) is 0 Å². The predicted octanol–water partition coefficient (Wildman–Crippen LogP) is 2.53. The first-order valence-electron chi connectivity index (χ1n) is 5.40. The van der Waals surface area contributed by atoms with Gasteiger partial charge < -0.3 is 9.52 Å². The highest BCUT2D eigenvalue weighted by Gasteiger charge is 2.18. The molecule has 3 aromatic rings. The average molecular weight is 242 g/mol. The Morgan fingerprint density at radius 3 is 2.89 bits per heavy atom. The molecule has 1 N–H and O–H groups in total. The topological polar surface area (TPSA) is 68.3 Å². The number of fused-ring (bicyclic) bond motifs is 1. The van der Waals surface area contributed by atoms with Crippen molar-refractivity contribution in [3.63, 3.8) is 0 Å². The number of benzene rings is 1. The lowest BCUT2D eigenvalue weighted by atomic mass is 10.1. The Balaban J connectivity index is 2.37. The summed E-state index contributed by atoms with van der Waals surface area (Å²) in [5.41, 5.74) is 2.61. The Labute approximate surface area is 102 Å². The summed E-state index contributed by atoms with van der Waals surface area (Å²) < 4.78 is 6.44. The van der Waals surface area contributed by atoms with Gasteiger partial charge in [-0.05, 0) is 6.07 Å². The van der Waals surface area contributed by atoms with E-state index >= 15 is 0 Å². The summed E-state index contributed by atoms with van der Waals surface area (Å²) in [7, 11) is 1.63. The van der Waals surface area contributed by atoms with Crippen molar-refractivity contribution < 1.29 is 14.3 Å². The molecule has 1 aromatic carbocycles. The van der Waals surface area contributed by atoms with E-state index in [1.807, 2.05) is 18.2 Å². The van der Waals surface area contributed by atoms with Crippen LogP contribution in [0.4, 0.5) is 0 Å². The monoisotopic (exact) mass is 242 g/mol. The van der Waals surface area contributed by atoms with Gasteiger partial charge in [-0.2, -0.15) is 5.10 Å². The van der Waals surface area contributed by atoms with Crippen LogP contribution in [0.5, 0.6) is 0 Å². The summed E-state index contributed by atoms with van der Waals surface area (Å²) >= 11 is 0. The minimum absolute atomic E-state index is 0.190. The summed E-state index contributed by atoms with van der Waals surface area (Å²) in [6.45, 7) is 0. The third-order valence-corrected chi connectivity index (χ3v) is 2.90. The summed E-state index contributed by atoms with van der Waals surface area (Å²) in [6, 6.07) is 7.30. The van der Waals surface area contributed by atoms with Crippen LogP contribution in [0.25, 0.3) is 22.0 Å². The number of aromatic nitrogens is 2. The van der Waals surface area contributed by atoms with Gasteiger partial charge >= 0.3 is 5.97 Å². The Morgan fingerprint density at radius 2 is 2.22 bits per heavy atom. The van der Waals surface area contributed by atoms with E-state index in [1.54, 1.807) is 25.6 Å². The van der Waals surface area contributed by atoms with Crippen molar-refractivity contribution in [1.82, 2.24) is 9.78 Å². The molecule has 0 saturated carbocycles. The number of hydrogen-bond donors (Lipinski definition) is 1. The van der Waals surface area contributed by atoms with Gasteiger partial charge in [-0.25, -0.2) is 4.79 Å². The van der Waals surface area contributed by atoms with Crippen LogP contribution < -0.4 is 0 Å². The largest absolute Gasteiger partial charge is 0.477 e. The third kappa shape index (κ3) is 1.41. The average Bonchev–Trinajstić information content (AvgIpc) is 2.93. The number of rotatable bonds is 2. The second kappa shape index (κ2) is 3.73. The molecule has 0 amide bonds. The quantitative estimate of drug-likeness (QED) is 0.749. The van der Waals surface area contributed by atoms with E-state index in [9.17, 15) is 9.90 Å². The molecular formula is C13H10N2O3. The van der Waals surface area contributed by atoms with E-state index in [4.69, 9.17) is 4.42 Å². The number of carboxylic acids is 1. The van der Waals surface area contributed by atoms with Gasteiger partial charge in [0.1, 0.15) is 5.52 Å². The molecule has 0 aliphatic heterocycles. The lowest BCUT2D eigenvalue weighted by molar-refractivity contribution is 0.0687. The molecule has 0 aliphatic carbocycles. The first-order chi connectivity index (χ1) is 8.68. The first-order valence-corrected chi connectivity index (χ1v) is 5.40. The van der Waals surface area contributed by atoms with E-state index in [0.29, 0.717) is 10.9 Å². The van der Waals surface area contributed by atoms with Crippen molar-refractivity contribution in [3.05, 3.63) is 42.5 Å². The van der Waals surface area contributed by atoms with Crippen molar-refractivity contribution >= 4 is 16.9 Å². The Bertz CT molecular complexity index is 726. The molecule has 2 heterocycles. The summed E-state index contributed by atoms with van der Waals surface area (Å²) in [6.07, 6.45) is 3.19. The maximum Gasteiger partial charge on any atom is 0.354 e. The molecule has 5 nitrogen and oxygen atoms in total. The van der Waals surface area contributed by atoms with E-state index in [0.717, 1.165) is 11.1 Å². The lowest BCUT2D eigenvalue weighted by Gasteiger charge is -1.97. The second-order valence-corrected chi connectivity index (χ2v) is 3.99. The third-order valence-electron chi connectivity index (χ3n) is 2.90. The highest BCUT2D eigenvalue weighted by Crippen LogP contribution is 2.29. The number of furan rings is 1. The number of nitrogens with zero attached hydrogens (tertiary/aromatic N) is 2. The summed E-state index contributed by atoms with van der Waals surface area (Å²) in [5, 5.41) is 14.1. The molecule has 90 valence electrons. The fourth-order valence-corrected chi connectivity index (χ4v) is 2.12. The molecule has 0 bridgehead atoms. The maximum atomic E-state index is 11.2. The smallest absolute Gasteiger partial charge is 0.354 e. The van der Waals surface area contributed by atoms with Crippen LogP contribution in [0.1, 0.15) is 10.5 Å². The fourth-order valence-electron chi connectivity index (χ4n) is 2.12. The summed E-state index contributed by atoms with van der Waals surface area (Å²) in [5.74, 6) is -0.982. The highest BCUT2D eigenvalue weighted by atomic mass is 16.4. The van der Waals surface area contributed by atoms with Crippen molar-refractivity contribution in [3.8, 4) is 11.1 Å². The molecule has 0 spiro atoms. The zero-order chi connectivity index (χ0) is 12.7. The number of aryl methyl sites for hydroxylation is 1. The molecular weight excluding hydrogens is 232 g/mol. The van der Waals surface area contributed by atoms with Gasteiger partial charge in [0.2, 0.25) is 0 Å². The van der Waals surface area contributed by atoms with Crippen molar-refractivity contribution in [2.24, 2.45) is 7.05 Å². The minimum Gasteiger partial charge on any atom is -0.477 e. The van der Waals surface area contributed by atoms with E-state index in [2.05, 4.69) is 5.10 Å². The maximum absolute atomic E-state index is 11.2. The second-order valence-electron chi connectivity index (χ2n) is 3.99. The predicted molar refractivity (Wildman–Crippen MR) is 65.4 cm³/mol. The minimum atomic E-state index is -0.982. The number of carboxylic acid groups (broad SMARTS) is 1. The van der Waals surface area contributed by atoms with Crippen LogP contribution in [-0.4, -0.2) is 20.9 Å². The first kappa shape index (κ1) is 10.6. The number of carbonyl (C=O) groups is 1. The van der Waals surface area contributed by atoms with E-state index in [-0.39, 0.29) is 5.69 Å². The SMILES string of the molecule is Cn1nc2c(-c3ccoc3)cccc2c1C(=O)O. The van der Waals surface area contributed by atoms with Gasteiger partial charge in [-0.15, -0.1) is 0 Å². The van der Waals surface area contributed by atoms with Crippen LogP contribution in [0.15, 0.2) is 41.2 Å². The zero-order valence-corrected chi connectivity index (χ0v) is 9.62. The van der Waals surface area contributed by atoms with Gasteiger partial charge in [0, 0.05) is 23.6 Å². The van der Waals surface area contributed by atoms with Gasteiger partial charge in [-0.1, -0.05) is 18.2 Å². The Hall–Kier alpha value is -2.56. The zero-order valence-electron chi connectivity index (χ0n) is 9.62. The molecule has 0 unspecified atom stereocenters. The van der Waals surface area contributed by atoms with E-state index in [1.165, 1.54) is 4.68 Å². The molecule has 0 saturated heterocycles. The fraction of sp³-hybridized carbons (Fsp3) is 0.0769. The van der Waals surface area contributed by atoms with Gasteiger partial charge in [0.05, 0.1) is 12.5 Å². The van der Waals surface area contributed by atoms with Gasteiger partial charge in [-0.3, -0.25) is 4.68 Å². The lowest BCUT2D eigenvalue weighted by Crippen LogP contribution is -2.05. The van der Waals surface area contributed by atoms with Crippen LogP contribution >= 0.6 is 0 Å². The summed E-state index contributed by atoms with van der Waals surface area (Å²) in [4.78, 5) is 11.2. The van der Waals surface area contributed by atoms with Gasteiger partial charge in [0.25, 0.3) is 0 Å². The molecule has 5 heteroatoms. The Morgan fingerprint density at radius 1 is 1.39 bits per heavy atom. The molecule has 2 aromatic heterocycles. The molecule has 3 rings (SSSR count). The van der Waals surface area contributed by atoms with E-state index < -0.39 is 5.97 Å². The van der Waals surface area contributed by atoms with Crippen LogP contribution in [0.3, 0.4) is 0 Å². The molecule has 0 atom stereocenters. The van der Waals surface area contributed by atoms with Crippen molar-refractivity contribution in [2.75, 3.05) is 0 Å².